The summed E-state index contributed by atoms with van der Waals surface area (Å²) in [5.41, 5.74) is 0.840. The van der Waals surface area contributed by atoms with Crippen LogP contribution in [0.5, 0.6) is 23.0 Å². The fourth-order valence-electron chi connectivity index (χ4n) is 3.98. The average Bonchev–Trinajstić information content (AvgIpc) is 2.94. The molecule has 3 aromatic rings. The molecule has 8 heteroatoms. The van der Waals surface area contributed by atoms with Crippen molar-refractivity contribution in [2.75, 3.05) is 26.3 Å². The van der Waals surface area contributed by atoms with Crippen LogP contribution in [0.25, 0.3) is 0 Å². The zero-order valence-corrected chi connectivity index (χ0v) is 23.5. The highest BCUT2D eigenvalue weighted by atomic mass is 16.6. The lowest BCUT2D eigenvalue weighted by Crippen LogP contribution is -2.37. The van der Waals surface area contributed by atoms with Crippen molar-refractivity contribution in [1.82, 2.24) is 4.90 Å². The average molecular weight is 550 g/mol. The van der Waals surface area contributed by atoms with Gasteiger partial charge in [-0.3, -0.25) is 0 Å². The van der Waals surface area contributed by atoms with Crippen LogP contribution >= 0.6 is 0 Å². The molecule has 1 amide bonds. The van der Waals surface area contributed by atoms with E-state index in [-0.39, 0.29) is 13.0 Å². The molecule has 3 rings (SSSR count). The second-order valence-corrected chi connectivity index (χ2v) is 9.76. The molecule has 0 saturated heterocycles. The number of amides is 1. The number of carboxylic acids is 1. The maximum Gasteiger partial charge on any atom is 0.415 e. The van der Waals surface area contributed by atoms with Gasteiger partial charge in [-0.05, 0) is 79.8 Å². The Kier molecular flexibility index (Phi) is 12.3. The Morgan fingerprint density at radius 2 is 1.45 bits per heavy atom. The standard InChI is InChI=1S/C32H39NO7/c1-4-37-30(31(34)35)23-25-12-14-26(15-13-25)38-22-21-33(20-8-9-24(2)3)32(36)40-29-18-16-28(17-19-29)39-27-10-6-5-7-11-27/h5-7,10-19,24,30H,4,8-9,20-23H2,1-3H3,(H,34,35). The van der Waals surface area contributed by atoms with E-state index >= 15 is 0 Å². The Labute approximate surface area is 236 Å². The highest BCUT2D eigenvalue weighted by Gasteiger charge is 2.19. The third-order valence-corrected chi connectivity index (χ3v) is 6.09. The van der Waals surface area contributed by atoms with Crippen molar-refractivity contribution >= 4 is 12.1 Å². The summed E-state index contributed by atoms with van der Waals surface area (Å²) in [5, 5.41) is 9.29. The first-order chi connectivity index (χ1) is 19.3. The lowest BCUT2D eigenvalue weighted by Gasteiger charge is -2.22. The van der Waals surface area contributed by atoms with Gasteiger partial charge in [-0.25, -0.2) is 9.59 Å². The van der Waals surface area contributed by atoms with Gasteiger partial charge in [0.15, 0.2) is 6.10 Å². The Bertz CT molecular complexity index is 1160. The van der Waals surface area contributed by atoms with E-state index in [1.165, 1.54) is 0 Å². The summed E-state index contributed by atoms with van der Waals surface area (Å²) in [5.74, 6) is 2.00. The molecule has 8 nitrogen and oxygen atoms in total. The molecule has 3 aromatic carbocycles. The third kappa shape index (κ3) is 10.6. The molecule has 1 N–H and O–H groups in total. The summed E-state index contributed by atoms with van der Waals surface area (Å²) < 4.78 is 22.6. The van der Waals surface area contributed by atoms with E-state index in [2.05, 4.69) is 13.8 Å². The second-order valence-electron chi connectivity index (χ2n) is 9.76. The maximum atomic E-state index is 13.0. The van der Waals surface area contributed by atoms with Crippen molar-refractivity contribution in [3.63, 3.8) is 0 Å². The van der Waals surface area contributed by atoms with Crippen LogP contribution in [0, 0.1) is 5.92 Å². The van der Waals surface area contributed by atoms with Crippen LogP contribution in [0.4, 0.5) is 4.79 Å². The molecule has 1 unspecified atom stereocenters. The summed E-state index contributed by atoms with van der Waals surface area (Å²) in [4.78, 5) is 26.0. The molecule has 0 heterocycles. The molecular weight excluding hydrogens is 510 g/mol. The first-order valence-electron chi connectivity index (χ1n) is 13.7. The molecule has 0 saturated carbocycles. The van der Waals surface area contributed by atoms with Crippen molar-refractivity contribution < 1.29 is 33.6 Å². The van der Waals surface area contributed by atoms with Crippen molar-refractivity contribution in [2.24, 2.45) is 5.92 Å². The first-order valence-corrected chi connectivity index (χ1v) is 13.7. The van der Waals surface area contributed by atoms with Gasteiger partial charge in [-0.1, -0.05) is 44.2 Å². The van der Waals surface area contributed by atoms with E-state index in [0.29, 0.717) is 42.9 Å². The Hall–Kier alpha value is -4.04. The number of ether oxygens (including phenoxy) is 4. The number of hydrogen-bond donors (Lipinski definition) is 1. The lowest BCUT2D eigenvalue weighted by molar-refractivity contribution is -0.149. The molecule has 0 bridgehead atoms. The highest BCUT2D eigenvalue weighted by molar-refractivity contribution is 5.72. The lowest BCUT2D eigenvalue weighted by atomic mass is 10.1. The molecular formula is C32H39NO7. The van der Waals surface area contributed by atoms with Gasteiger partial charge in [0, 0.05) is 19.6 Å². The quantitative estimate of drug-likeness (QED) is 0.209. The van der Waals surface area contributed by atoms with Crippen LogP contribution in [0.2, 0.25) is 0 Å². The van der Waals surface area contributed by atoms with Crippen molar-refractivity contribution in [3.8, 4) is 23.0 Å². The molecule has 0 spiro atoms. The van der Waals surface area contributed by atoms with Crippen molar-refractivity contribution in [1.29, 1.82) is 0 Å². The molecule has 0 aliphatic rings. The van der Waals surface area contributed by atoms with Crippen LogP contribution in [-0.2, 0) is 16.0 Å². The van der Waals surface area contributed by atoms with Gasteiger partial charge in [-0.15, -0.1) is 0 Å². The molecule has 214 valence electrons. The topological polar surface area (TPSA) is 94.5 Å². The minimum atomic E-state index is -0.983. The summed E-state index contributed by atoms with van der Waals surface area (Å²) in [6.45, 7) is 7.62. The number of carbonyl (C=O) groups is 2. The van der Waals surface area contributed by atoms with E-state index in [0.717, 1.165) is 24.2 Å². The van der Waals surface area contributed by atoms with E-state index < -0.39 is 18.2 Å². The monoisotopic (exact) mass is 549 g/mol. The van der Waals surface area contributed by atoms with Gasteiger partial charge in [0.2, 0.25) is 0 Å². The fourth-order valence-corrected chi connectivity index (χ4v) is 3.98. The largest absolute Gasteiger partial charge is 0.492 e. The van der Waals surface area contributed by atoms with Gasteiger partial charge in [0.25, 0.3) is 0 Å². The molecule has 1 atom stereocenters. The Morgan fingerprint density at radius 3 is 2.08 bits per heavy atom. The SMILES string of the molecule is CCOC(Cc1ccc(OCCN(CCCC(C)C)C(=O)Oc2ccc(Oc3ccccc3)cc2)cc1)C(=O)O. The highest BCUT2D eigenvalue weighted by Crippen LogP contribution is 2.24. The minimum absolute atomic E-state index is 0.276. The van der Waals surface area contributed by atoms with Crippen LogP contribution in [-0.4, -0.2) is 54.5 Å². The van der Waals surface area contributed by atoms with E-state index in [1.807, 2.05) is 42.5 Å². The number of nitrogens with zero attached hydrogens (tertiary/aromatic N) is 1. The Balaban J connectivity index is 1.53. The second kappa shape index (κ2) is 16.2. The number of para-hydroxylation sites is 1. The van der Waals surface area contributed by atoms with Crippen LogP contribution in [0.1, 0.15) is 39.2 Å². The number of rotatable bonds is 16. The number of benzene rings is 3. The van der Waals surface area contributed by atoms with Gasteiger partial charge in [0.1, 0.15) is 29.6 Å². The number of aliphatic carboxylic acids is 1. The molecule has 0 aromatic heterocycles. The van der Waals surface area contributed by atoms with Crippen LogP contribution in [0.3, 0.4) is 0 Å². The minimum Gasteiger partial charge on any atom is -0.492 e. The maximum absolute atomic E-state index is 13.0. The summed E-state index contributed by atoms with van der Waals surface area (Å²) in [6.07, 6.45) is 0.815. The molecule has 0 radical (unpaired) electrons. The third-order valence-electron chi connectivity index (χ3n) is 6.09. The fraction of sp³-hybridized carbons (Fsp3) is 0.375. The first kappa shape index (κ1) is 30.5. The van der Waals surface area contributed by atoms with E-state index in [9.17, 15) is 14.7 Å². The summed E-state index contributed by atoms with van der Waals surface area (Å²) in [6, 6.07) is 23.6. The van der Waals surface area contributed by atoms with Gasteiger partial charge in [0.05, 0.1) is 6.54 Å². The van der Waals surface area contributed by atoms with Gasteiger partial charge >= 0.3 is 12.1 Å². The summed E-state index contributed by atoms with van der Waals surface area (Å²) >= 11 is 0. The van der Waals surface area contributed by atoms with Gasteiger partial charge < -0.3 is 29.0 Å². The molecule has 40 heavy (non-hydrogen) atoms. The predicted molar refractivity (Wildman–Crippen MR) is 153 cm³/mol. The molecule has 0 fully saturated rings. The smallest absolute Gasteiger partial charge is 0.415 e. The van der Waals surface area contributed by atoms with E-state index in [4.69, 9.17) is 18.9 Å². The zero-order chi connectivity index (χ0) is 28.7. The normalized spacial score (nSPS) is 11.6. The number of carboxylic acid groups (broad SMARTS) is 1. The van der Waals surface area contributed by atoms with Gasteiger partial charge in [-0.2, -0.15) is 0 Å². The van der Waals surface area contributed by atoms with Crippen LogP contribution in [0.15, 0.2) is 78.9 Å². The molecule has 0 aliphatic carbocycles. The number of hydrogen-bond acceptors (Lipinski definition) is 6. The summed E-state index contributed by atoms with van der Waals surface area (Å²) in [7, 11) is 0. The predicted octanol–water partition coefficient (Wildman–Crippen LogP) is 6.83. The van der Waals surface area contributed by atoms with E-state index in [1.54, 1.807) is 48.2 Å². The van der Waals surface area contributed by atoms with Crippen molar-refractivity contribution in [2.45, 2.75) is 46.1 Å². The zero-order valence-electron chi connectivity index (χ0n) is 23.5. The number of carbonyl (C=O) groups excluding carboxylic acids is 1. The molecule has 0 aliphatic heterocycles. The Morgan fingerprint density at radius 1 is 0.825 bits per heavy atom. The van der Waals surface area contributed by atoms with Crippen molar-refractivity contribution in [3.05, 3.63) is 84.4 Å². The van der Waals surface area contributed by atoms with Crippen LogP contribution < -0.4 is 14.2 Å².